The van der Waals surface area contributed by atoms with Crippen LogP contribution in [0.1, 0.15) is 22.7 Å². The number of halogens is 1. The largest absolute Gasteiger partial charge is 0.493 e. The molecule has 0 bridgehead atoms. The lowest BCUT2D eigenvalue weighted by atomic mass is 9.98. The van der Waals surface area contributed by atoms with Crippen molar-refractivity contribution < 1.29 is 13.9 Å². The molecule has 2 aromatic rings. The average molecular weight is 289 g/mol. The van der Waals surface area contributed by atoms with Crippen molar-refractivity contribution in [1.82, 2.24) is 0 Å². The maximum atomic E-state index is 13.3. The van der Waals surface area contributed by atoms with E-state index >= 15 is 0 Å². The first-order chi connectivity index (χ1) is 10.0. The Morgan fingerprint density at radius 1 is 1.05 bits per heavy atom. The predicted octanol–water partition coefficient (Wildman–Crippen LogP) is 3.39. The van der Waals surface area contributed by atoms with Crippen LogP contribution in [0.2, 0.25) is 0 Å². The van der Waals surface area contributed by atoms with E-state index in [0.29, 0.717) is 23.5 Å². The van der Waals surface area contributed by atoms with Gasteiger partial charge in [-0.2, -0.15) is 0 Å². The summed E-state index contributed by atoms with van der Waals surface area (Å²) in [5.41, 5.74) is 8.78. The van der Waals surface area contributed by atoms with Gasteiger partial charge < -0.3 is 15.2 Å². The highest BCUT2D eigenvalue weighted by molar-refractivity contribution is 5.43. The molecule has 4 heteroatoms. The van der Waals surface area contributed by atoms with E-state index in [-0.39, 0.29) is 11.9 Å². The highest BCUT2D eigenvalue weighted by Crippen LogP contribution is 2.29. The minimum absolute atomic E-state index is 0.192. The van der Waals surface area contributed by atoms with E-state index in [0.717, 1.165) is 11.1 Å². The summed E-state index contributed by atoms with van der Waals surface area (Å²) in [5, 5.41) is 0. The first kappa shape index (κ1) is 15.3. The first-order valence-corrected chi connectivity index (χ1v) is 6.77. The Morgan fingerprint density at radius 3 is 2.38 bits per heavy atom. The van der Waals surface area contributed by atoms with Crippen molar-refractivity contribution in [3.8, 4) is 11.5 Å². The molecule has 2 N–H and O–H groups in total. The predicted molar refractivity (Wildman–Crippen MR) is 81.3 cm³/mol. The summed E-state index contributed by atoms with van der Waals surface area (Å²) in [4.78, 5) is 0. The molecule has 1 atom stereocenters. The van der Waals surface area contributed by atoms with Crippen molar-refractivity contribution in [3.63, 3.8) is 0 Å². The summed E-state index contributed by atoms with van der Waals surface area (Å²) in [7, 11) is 3.20. The SMILES string of the molecule is COc1ccc(CC(N)c2ccc(F)c(C)c2)cc1OC. The third kappa shape index (κ3) is 3.52. The van der Waals surface area contributed by atoms with Crippen LogP contribution in [0.4, 0.5) is 4.39 Å². The quantitative estimate of drug-likeness (QED) is 0.917. The zero-order valence-corrected chi connectivity index (χ0v) is 12.5. The van der Waals surface area contributed by atoms with Crippen molar-refractivity contribution in [3.05, 3.63) is 58.9 Å². The summed E-state index contributed by atoms with van der Waals surface area (Å²) in [6.07, 6.45) is 0.644. The fourth-order valence-electron chi connectivity index (χ4n) is 2.28. The second-order valence-corrected chi connectivity index (χ2v) is 5.01. The standard InChI is InChI=1S/C17H20FNO2/c1-11-8-13(5-6-14(11)18)15(19)9-12-4-7-16(20-2)17(10-12)21-3/h4-8,10,15H,9,19H2,1-3H3. The zero-order chi connectivity index (χ0) is 15.4. The van der Waals surface area contributed by atoms with E-state index < -0.39 is 0 Å². The van der Waals surface area contributed by atoms with Gasteiger partial charge in [0.15, 0.2) is 11.5 Å². The van der Waals surface area contributed by atoms with Gasteiger partial charge in [-0.3, -0.25) is 0 Å². The van der Waals surface area contributed by atoms with E-state index in [1.54, 1.807) is 33.3 Å². The summed E-state index contributed by atoms with van der Waals surface area (Å²) in [5.74, 6) is 1.15. The summed E-state index contributed by atoms with van der Waals surface area (Å²) < 4.78 is 23.8. The molecule has 0 heterocycles. The molecule has 0 aliphatic rings. The van der Waals surface area contributed by atoms with Crippen molar-refractivity contribution in [2.24, 2.45) is 5.73 Å². The first-order valence-electron chi connectivity index (χ1n) is 6.77. The highest BCUT2D eigenvalue weighted by atomic mass is 19.1. The molecule has 0 aromatic heterocycles. The summed E-state index contributed by atoms with van der Waals surface area (Å²) in [6, 6.07) is 10.5. The molecule has 0 aliphatic carbocycles. The van der Waals surface area contributed by atoms with Gasteiger partial charge in [-0.15, -0.1) is 0 Å². The fraction of sp³-hybridized carbons (Fsp3) is 0.294. The molecule has 1 unspecified atom stereocenters. The Labute approximate surface area is 124 Å². The lowest BCUT2D eigenvalue weighted by molar-refractivity contribution is 0.354. The smallest absolute Gasteiger partial charge is 0.160 e. The average Bonchev–Trinajstić information content (AvgIpc) is 2.49. The highest BCUT2D eigenvalue weighted by Gasteiger charge is 2.11. The van der Waals surface area contributed by atoms with Crippen molar-refractivity contribution in [1.29, 1.82) is 0 Å². The molecule has 0 radical (unpaired) electrons. The minimum Gasteiger partial charge on any atom is -0.493 e. The number of hydrogen-bond acceptors (Lipinski definition) is 3. The van der Waals surface area contributed by atoms with Gasteiger partial charge in [0, 0.05) is 6.04 Å². The number of methoxy groups -OCH3 is 2. The molecular weight excluding hydrogens is 269 g/mol. The van der Waals surface area contributed by atoms with Gasteiger partial charge in [0.1, 0.15) is 5.82 Å². The maximum Gasteiger partial charge on any atom is 0.160 e. The fourth-order valence-corrected chi connectivity index (χ4v) is 2.28. The summed E-state index contributed by atoms with van der Waals surface area (Å²) >= 11 is 0. The van der Waals surface area contributed by atoms with E-state index in [9.17, 15) is 4.39 Å². The van der Waals surface area contributed by atoms with Crippen LogP contribution in [0.5, 0.6) is 11.5 Å². The van der Waals surface area contributed by atoms with Crippen LogP contribution in [-0.4, -0.2) is 14.2 Å². The molecule has 3 nitrogen and oxygen atoms in total. The van der Waals surface area contributed by atoms with Crippen LogP contribution in [0.3, 0.4) is 0 Å². The number of nitrogens with two attached hydrogens (primary N) is 1. The zero-order valence-electron chi connectivity index (χ0n) is 12.5. The van der Waals surface area contributed by atoms with Gasteiger partial charge in [0.05, 0.1) is 14.2 Å². The molecule has 0 spiro atoms. The lowest BCUT2D eigenvalue weighted by Crippen LogP contribution is -2.13. The molecule has 0 amide bonds. The third-order valence-corrected chi connectivity index (χ3v) is 3.51. The molecule has 2 rings (SSSR count). The molecular formula is C17H20FNO2. The molecule has 0 fully saturated rings. The van der Waals surface area contributed by atoms with Crippen LogP contribution in [-0.2, 0) is 6.42 Å². The van der Waals surface area contributed by atoms with E-state index in [1.807, 2.05) is 18.2 Å². The van der Waals surface area contributed by atoms with E-state index in [1.165, 1.54) is 6.07 Å². The van der Waals surface area contributed by atoms with Gasteiger partial charge in [0.2, 0.25) is 0 Å². The van der Waals surface area contributed by atoms with Gasteiger partial charge in [-0.05, 0) is 48.2 Å². The molecule has 0 saturated heterocycles. The number of hydrogen-bond donors (Lipinski definition) is 1. The summed E-state index contributed by atoms with van der Waals surface area (Å²) in [6.45, 7) is 1.74. The molecule has 2 aromatic carbocycles. The van der Waals surface area contributed by atoms with Crippen LogP contribution in [0.15, 0.2) is 36.4 Å². The third-order valence-electron chi connectivity index (χ3n) is 3.51. The second kappa shape index (κ2) is 6.59. The van der Waals surface area contributed by atoms with Gasteiger partial charge in [-0.1, -0.05) is 18.2 Å². The number of rotatable bonds is 5. The van der Waals surface area contributed by atoms with Gasteiger partial charge in [0.25, 0.3) is 0 Å². The van der Waals surface area contributed by atoms with Crippen LogP contribution >= 0.6 is 0 Å². The topological polar surface area (TPSA) is 44.5 Å². The monoisotopic (exact) mass is 289 g/mol. The Hall–Kier alpha value is -2.07. The lowest BCUT2D eigenvalue weighted by Gasteiger charge is -2.15. The molecule has 0 aliphatic heterocycles. The Morgan fingerprint density at radius 2 is 1.76 bits per heavy atom. The Kier molecular flexibility index (Phi) is 4.81. The van der Waals surface area contributed by atoms with Crippen LogP contribution in [0, 0.1) is 12.7 Å². The van der Waals surface area contributed by atoms with Crippen molar-refractivity contribution in [2.75, 3.05) is 14.2 Å². The number of aryl methyl sites for hydroxylation is 1. The number of ether oxygens (including phenoxy) is 2. The van der Waals surface area contributed by atoms with Gasteiger partial charge in [-0.25, -0.2) is 4.39 Å². The second-order valence-electron chi connectivity index (χ2n) is 5.01. The molecule has 21 heavy (non-hydrogen) atoms. The molecule has 112 valence electrons. The normalized spacial score (nSPS) is 12.0. The number of benzene rings is 2. The molecule has 0 saturated carbocycles. The Bertz CT molecular complexity index is 628. The van der Waals surface area contributed by atoms with Crippen LogP contribution in [0.25, 0.3) is 0 Å². The van der Waals surface area contributed by atoms with Crippen molar-refractivity contribution >= 4 is 0 Å². The minimum atomic E-state index is -0.211. The van der Waals surface area contributed by atoms with Crippen molar-refractivity contribution in [2.45, 2.75) is 19.4 Å². The van der Waals surface area contributed by atoms with E-state index in [4.69, 9.17) is 15.2 Å². The van der Waals surface area contributed by atoms with E-state index in [2.05, 4.69) is 0 Å². The van der Waals surface area contributed by atoms with Gasteiger partial charge >= 0.3 is 0 Å². The Balaban J connectivity index is 2.18. The maximum absolute atomic E-state index is 13.3. The van der Waals surface area contributed by atoms with Crippen LogP contribution < -0.4 is 15.2 Å².